The quantitative estimate of drug-likeness (QED) is 0.492. The topological polar surface area (TPSA) is 107 Å². The maximum Gasteiger partial charge on any atom is 0.293 e. The summed E-state index contributed by atoms with van der Waals surface area (Å²) in [6, 6.07) is 5.73. The van der Waals surface area contributed by atoms with Crippen molar-refractivity contribution >= 4 is 35.0 Å². The number of carbonyl (C=O) groups excluding carboxylic acids is 2. The van der Waals surface area contributed by atoms with Gasteiger partial charge in [-0.25, -0.2) is 4.90 Å². The van der Waals surface area contributed by atoms with Crippen LogP contribution >= 0.6 is 11.8 Å². The Hall–Kier alpha value is -1.93. The lowest BCUT2D eigenvalue weighted by molar-refractivity contribution is -0.384. The highest BCUT2D eigenvalue weighted by molar-refractivity contribution is 8.00. The second-order valence-corrected chi connectivity index (χ2v) is 5.48. The smallest absolute Gasteiger partial charge is 0.293 e. The monoisotopic (exact) mass is 295 g/mol. The van der Waals surface area contributed by atoms with Crippen LogP contribution in [0.1, 0.15) is 6.42 Å². The molecule has 1 aliphatic rings. The largest absolute Gasteiger partial charge is 0.330 e. The first-order chi connectivity index (χ1) is 9.56. The van der Waals surface area contributed by atoms with E-state index in [-0.39, 0.29) is 17.8 Å². The molecule has 7 nitrogen and oxygen atoms in total. The molecule has 1 aromatic rings. The van der Waals surface area contributed by atoms with Crippen LogP contribution in [0.4, 0.5) is 11.4 Å². The van der Waals surface area contributed by atoms with Crippen LogP contribution < -0.4 is 10.6 Å². The average Bonchev–Trinajstić information content (AvgIpc) is 2.71. The van der Waals surface area contributed by atoms with E-state index in [2.05, 4.69) is 0 Å². The highest BCUT2D eigenvalue weighted by atomic mass is 32.2. The molecule has 1 fully saturated rings. The molecule has 1 unspecified atom stereocenters. The number of nitrogens with two attached hydrogens (primary N) is 1. The van der Waals surface area contributed by atoms with Gasteiger partial charge in [-0.15, -0.1) is 11.8 Å². The van der Waals surface area contributed by atoms with E-state index in [1.54, 1.807) is 6.07 Å². The van der Waals surface area contributed by atoms with Crippen LogP contribution in [0.2, 0.25) is 0 Å². The zero-order valence-electron chi connectivity index (χ0n) is 10.5. The van der Waals surface area contributed by atoms with Crippen LogP contribution in [0.25, 0.3) is 0 Å². The van der Waals surface area contributed by atoms with Gasteiger partial charge >= 0.3 is 0 Å². The molecule has 0 saturated carbocycles. The molecule has 2 amide bonds. The van der Waals surface area contributed by atoms with Crippen LogP contribution in [0.3, 0.4) is 0 Å². The zero-order valence-corrected chi connectivity index (χ0v) is 11.3. The fraction of sp³-hybridized carbons (Fsp3) is 0.333. The number of amides is 2. The molecular weight excluding hydrogens is 282 g/mol. The lowest BCUT2D eigenvalue weighted by atomic mass is 10.2. The number of carbonyl (C=O) groups is 2. The molecular formula is C12H13N3O4S. The van der Waals surface area contributed by atoms with Crippen molar-refractivity contribution < 1.29 is 14.5 Å². The summed E-state index contributed by atoms with van der Waals surface area (Å²) in [5.41, 5.74) is 5.16. The van der Waals surface area contributed by atoms with Gasteiger partial charge in [-0.3, -0.25) is 19.7 Å². The molecule has 1 heterocycles. The van der Waals surface area contributed by atoms with Crippen molar-refractivity contribution in [2.45, 2.75) is 11.7 Å². The van der Waals surface area contributed by atoms with Crippen molar-refractivity contribution in [3.05, 3.63) is 34.4 Å². The molecule has 106 valence electrons. The first-order valence-corrected chi connectivity index (χ1v) is 7.03. The SMILES string of the molecule is NCCSC1CC(=O)N(c2ccccc2[N+](=O)[O-])C1=O. The minimum Gasteiger partial charge on any atom is -0.330 e. The number of nitro benzene ring substituents is 1. The minimum absolute atomic E-state index is 0.0309. The summed E-state index contributed by atoms with van der Waals surface area (Å²) in [5, 5.41) is 10.5. The number of para-hydroxylation sites is 2. The number of benzene rings is 1. The highest BCUT2D eigenvalue weighted by Gasteiger charge is 2.41. The van der Waals surface area contributed by atoms with Gasteiger partial charge < -0.3 is 5.73 Å². The number of nitrogens with zero attached hydrogens (tertiary/aromatic N) is 2. The number of rotatable bonds is 5. The predicted molar refractivity (Wildman–Crippen MR) is 75.5 cm³/mol. The molecule has 1 aromatic carbocycles. The summed E-state index contributed by atoms with van der Waals surface area (Å²) >= 11 is 1.30. The molecule has 1 aliphatic heterocycles. The number of thioether (sulfide) groups is 1. The Morgan fingerprint density at radius 1 is 1.40 bits per heavy atom. The van der Waals surface area contributed by atoms with E-state index in [0.717, 1.165) is 4.90 Å². The van der Waals surface area contributed by atoms with Gasteiger partial charge in [-0.2, -0.15) is 0 Å². The summed E-state index contributed by atoms with van der Waals surface area (Å²) in [6.07, 6.45) is 0.0511. The van der Waals surface area contributed by atoms with Crippen molar-refractivity contribution in [1.29, 1.82) is 0 Å². The standard InChI is InChI=1S/C12H13N3O4S/c13-5-6-20-10-7-11(16)14(12(10)17)8-3-1-2-4-9(8)15(18)19/h1-4,10H,5-7,13H2. The van der Waals surface area contributed by atoms with Crippen molar-refractivity contribution in [1.82, 2.24) is 0 Å². The first kappa shape index (κ1) is 14.5. The average molecular weight is 295 g/mol. The van der Waals surface area contributed by atoms with E-state index in [1.165, 1.54) is 30.0 Å². The van der Waals surface area contributed by atoms with Gasteiger partial charge in [-0.1, -0.05) is 12.1 Å². The third-order valence-electron chi connectivity index (χ3n) is 2.86. The molecule has 8 heteroatoms. The van der Waals surface area contributed by atoms with Gasteiger partial charge in [0.2, 0.25) is 11.8 Å². The molecule has 20 heavy (non-hydrogen) atoms. The summed E-state index contributed by atoms with van der Waals surface area (Å²) in [7, 11) is 0. The fourth-order valence-electron chi connectivity index (χ4n) is 2.01. The van der Waals surface area contributed by atoms with Gasteiger partial charge in [0.1, 0.15) is 5.69 Å². The Labute approximate surface area is 119 Å². The summed E-state index contributed by atoms with van der Waals surface area (Å²) in [5.74, 6) is -0.268. The van der Waals surface area contributed by atoms with Crippen LogP contribution in [-0.2, 0) is 9.59 Å². The maximum atomic E-state index is 12.2. The van der Waals surface area contributed by atoms with E-state index < -0.39 is 22.0 Å². The first-order valence-electron chi connectivity index (χ1n) is 5.98. The van der Waals surface area contributed by atoms with Gasteiger partial charge in [0.15, 0.2) is 0 Å². The molecule has 1 saturated heterocycles. The molecule has 0 spiro atoms. The van der Waals surface area contributed by atoms with E-state index in [9.17, 15) is 19.7 Å². The minimum atomic E-state index is -0.601. The number of hydrogen-bond donors (Lipinski definition) is 1. The third kappa shape index (κ3) is 2.66. The highest BCUT2D eigenvalue weighted by Crippen LogP contribution is 2.34. The predicted octanol–water partition coefficient (Wildman–Crippen LogP) is 0.919. The van der Waals surface area contributed by atoms with Crippen molar-refractivity contribution in [3.8, 4) is 0 Å². The van der Waals surface area contributed by atoms with E-state index in [4.69, 9.17) is 5.73 Å². The molecule has 2 rings (SSSR count). The molecule has 2 N–H and O–H groups in total. The van der Waals surface area contributed by atoms with Gasteiger partial charge in [0.05, 0.1) is 10.2 Å². The maximum absolute atomic E-state index is 12.2. The second kappa shape index (κ2) is 6.02. The summed E-state index contributed by atoms with van der Waals surface area (Å²) in [4.78, 5) is 35.5. The van der Waals surface area contributed by atoms with Crippen molar-refractivity contribution in [2.75, 3.05) is 17.2 Å². The molecule has 1 atom stereocenters. The summed E-state index contributed by atoms with van der Waals surface area (Å²) in [6.45, 7) is 0.411. The molecule has 0 bridgehead atoms. The Morgan fingerprint density at radius 3 is 2.75 bits per heavy atom. The van der Waals surface area contributed by atoms with E-state index >= 15 is 0 Å². The lowest BCUT2D eigenvalue weighted by Gasteiger charge is -2.14. The Kier molecular flexibility index (Phi) is 4.35. The number of imide groups is 1. The van der Waals surface area contributed by atoms with Gasteiger partial charge in [0, 0.05) is 24.8 Å². The normalized spacial score (nSPS) is 18.6. The van der Waals surface area contributed by atoms with Crippen molar-refractivity contribution in [2.24, 2.45) is 5.73 Å². The van der Waals surface area contributed by atoms with Gasteiger partial charge in [0.25, 0.3) is 5.69 Å². The fourth-order valence-corrected chi connectivity index (χ4v) is 2.93. The molecule has 0 aromatic heterocycles. The van der Waals surface area contributed by atoms with Crippen LogP contribution in [0.15, 0.2) is 24.3 Å². The number of anilines is 1. The van der Waals surface area contributed by atoms with Crippen LogP contribution in [0.5, 0.6) is 0 Å². The Balaban J connectivity index is 2.31. The number of nitro groups is 1. The second-order valence-electron chi connectivity index (χ2n) is 4.17. The van der Waals surface area contributed by atoms with Crippen molar-refractivity contribution in [3.63, 3.8) is 0 Å². The number of hydrogen-bond acceptors (Lipinski definition) is 6. The van der Waals surface area contributed by atoms with E-state index in [1.807, 2.05) is 0 Å². The Bertz CT molecular complexity index is 563. The zero-order chi connectivity index (χ0) is 14.7. The van der Waals surface area contributed by atoms with E-state index in [0.29, 0.717) is 12.3 Å². The molecule has 0 radical (unpaired) electrons. The molecule has 0 aliphatic carbocycles. The lowest BCUT2D eigenvalue weighted by Crippen LogP contribution is -2.31. The van der Waals surface area contributed by atoms with Crippen LogP contribution in [0, 0.1) is 10.1 Å². The van der Waals surface area contributed by atoms with Crippen LogP contribution in [-0.4, -0.2) is 34.3 Å². The summed E-state index contributed by atoms with van der Waals surface area (Å²) < 4.78 is 0. The Morgan fingerprint density at radius 2 is 2.10 bits per heavy atom. The van der Waals surface area contributed by atoms with Gasteiger partial charge in [-0.05, 0) is 6.07 Å². The third-order valence-corrected chi connectivity index (χ3v) is 4.10.